The maximum atomic E-state index is 14.4. The first-order chi connectivity index (χ1) is 13.0. The highest BCUT2D eigenvalue weighted by Crippen LogP contribution is 2.38. The van der Waals surface area contributed by atoms with Gasteiger partial charge >= 0.3 is 5.97 Å². The number of rotatable bonds is 6. The summed E-state index contributed by atoms with van der Waals surface area (Å²) < 4.78 is 25.0. The number of carbonyl (C=O) groups is 1. The summed E-state index contributed by atoms with van der Waals surface area (Å²) in [5, 5.41) is 9.46. The van der Waals surface area contributed by atoms with Crippen LogP contribution in [-0.4, -0.2) is 43.3 Å². The zero-order valence-corrected chi connectivity index (χ0v) is 15.5. The lowest BCUT2D eigenvalue weighted by Gasteiger charge is -2.38. The van der Waals surface area contributed by atoms with E-state index >= 15 is 0 Å². The van der Waals surface area contributed by atoms with Crippen molar-refractivity contribution in [2.24, 2.45) is 5.92 Å². The van der Waals surface area contributed by atoms with E-state index in [-0.39, 0.29) is 11.8 Å². The number of carboxylic acids is 1. The number of methoxy groups -OCH3 is 2. The third kappa shape index (κ3) is 4.06. The molecule has 0 unspecified atom stereocenters. The molecule has 0 aliphatic carbocycles. The molecule has 2 atom stereocenters. The van der Waals surface area contributed by atoms with Crippen LogP contribution >= 0.6 is 0 Å². The number of aliphatic carboxylic acids is 1. The van der Waals surface area contributed by atoms with E-state index in [4.69, 9.17) is 9.47 Å². The van der Waals surface area contributed by atoms with Crippen molar-refractivity contribution in [3.63, 3.8) is 0 Å². The zero-order chi connectivity index (χ0) is 19.4. The SMILES string of the molecule is COc1ccc([C@@H](c2ccccc2OC)N2CCC[C@@H](C(=O)O)C2)cc1F. The highest BCUT2D eigenvalue weighted by molar-refractivity contribution is 5.70. The molecule has 1 aliphatic heterocycles. The van der Waals surface area contributed by atoms with Gasteiger partial charge in [-0.05, 0) is 43.1 Å². The van der Waals surface area contributed by atoms with E-state index in [1.54, 1.807) is 13.2 Å². The van der Waals surface area contributed by atoms with Crippen molar-refractivity contribution >= 4 is 5.97 Å². The number of hydrogen-bond acceptors (Lipinski definition) is 4. The maximum absolute atomic E-state index is 14.4. The Morgan fingerprint density at radius 1 is 1.19 bits per heavy atom. The number of para-hydroxylation sites is 1. The van der Waals surface area contributed by atoms with Gasteiger partial charge in [0.15, 0.2) is 11.6 Å². The van der Waals surface area contributed by atoms with Gasteiger partial charge in [0.25, 0.3) is 0 Å². The smallest absolute Gasteiger partial charge is 0.307 e. The molecule has 0 radical (unpaired) electrons. The topological polar surface area (TPSA) is 59.0 Å². The molecule has 3 rings (SSSR count). The predicted octanol–water partition coefficient (Wildman–Crippen LogP) is 3.73. The molecule has 0 aromatic heterocycles. The first-order valence-corrected chi connectivity index (χ1v) is 8.98. The van der Waals surface area contributed by atoms with E-state index in [0.717, 1.165) is 24.1 Å². The molecule has 5 nitrogen and oxygen atoms in total. The summed E-state index contributed by atoms with van der Waals surface area (Å²) in [6, 6.07) is 12.2. The largest absolute Gasteiger partial charge is 0.496 e. The standard InChI is InChI=1S/C21H24FNO4/c1-26-18-8-4-3-7-16(18)20(14-9-10-19(27-2)17(22)12-14)23-11-5-6-15(13-23)21(24)25/h3-4,7-10,12,15,20H,5-6,11,13H2,1-2H3,(H,24,25)/t15-,20+/m1/s1. The van der Waals surface area contributed by atoms with Crippen molar-refractivity contribution in [2.75, 3.05) is 27.3 Å². The normalized spacial score (nSPS) is 18.7. The first-order valence-electron chi connectivity index (χ1n) is 8.98. The Morgan fingerprint density at radius 2 is 1.93 bits per heavy atom. The summed E-state index contributed by atoms with van der Waals surface area (Å²) in [5.41, 5.74) is 1.62. The molecule has 6 heteroatoms. The van der Waals surface area contributed by atoms with Crippen molar-refractivity contribution in [1.82, 2.24) is 4.90 Å². The van der Waals surface area contributed by atoms with Gasteiger partial charge in [-0.15, -0.1) is 0 Å². The molecular formula is C21H24FNO4. The Bertz CT molecular complexity index is 811. The fraction of sp³-hybridized carbons (Fsp3) is 0.381. The van der Waals surface area contributed by atoms with Gasteiger partial charge in [0, 0.05) is 12.1 Å². The number of ether oxygens (including phenoxy) is 2. The molecule has 1 aliphatic rings. The van der Waals surface area contributed by atoms with Crippen molar-refractivity contribution in [3.8, 4) is 11.5 Å². The number of halogens is 1. The molecule has 2 aromatic rings. The number of benzene rings is 2. The van der Waals surface area contributed by atoms with Crippen LogP contribution in [0.1, 0.15) is 30.0 Å². The highest BCUT2D eigenvalue weighted by Gasteiger charge is 2.32. The van der Waals surface area contributed by atoms with Gasteiger partial charge in [0.2, 0.25) is 0 Å². The molecule has 1 N–H and O–H groups in total. The summed E-state index contributed by atoms with van der Waals surface area (Å²) in [7, 11) is 3.03. The first kappa shape index (κ1) is 19.2. The molecule has 2 aromatic carbocycles. The molecule has 27 heavy (non-hydrogen) atoms. The number of piperidine rings is 1. The zero-order valence-electron chi connectivity index (χ0n) is 15.5. The number of hydrogen-bond donors (Lipinski definition) is 1. The summed E-state index contributed by atoms with van der Waals surface area (Å²) >= 11 is 0. The third-order valence-electron chi connectivity index (χ3n) is 5.09. The number of carboxylic acid groups (broad SMARTS) is 1. The summed E-state index contributed by atoms with van der Waals surface area (Å²) in [6.45, 7) is 1.14. The van der Waals surface area contributed by atoms with Crippen LogP contribution in [0.3, 0.4) is 0 Å². The molecule has 0 bridgehead atoms. The Labute approximate surface area is 158 Å². The summed E-state index contributed by atoms with van der Waals surface area (Å²) in [4.78, 5) is 13.6. The average molecular weight is 373 g/mol. The fourth-order valence-corrected chi connectivity index (χ4v) is 3.77. The van der Waals surface area contributed by atoms with Gasteiger partial charge in [0.05, 0.1) is 26.2 Å². The van der Waals surface area contributed by atoms with Crippen LogP contribution in [0.2, 0.25) is 0 Å². The molecule has 1 fully saturated rings. The van der Waals surface area contributed by atoms with E-state index in [1.165, 1.54) is 13.2 Å². The fourth-order valence-electron chi connectivity index (χ4n) is 3.77. The molecule has 144 valence electrons. The molecule has 0 amide bonds. The van der Waals surface area contributed by atoms with Gasteiger partial charge in [-0.25, -0.2) is 4.39 Å². The van der Waals surface area contributed by atoms with Crippen LogP contribution in [0, 0.1) is 11.7 Å². The lowest BCUT2D eigenvalue weighted by molar-refractivity contribution is -0.143. The van der Waals surface area contributed by atoms with Crippen molar-refractivity contribution in [2.45, 2.75) is 18.9 Å². The van der Waals surface area contributed by atoms with E-state index < -0.39 is 17.7 Å². The lowest BCUT2D eigenvalue weighted by atomic mass is 9.91. The highest BCUT2D eigenvalue weighted by atomic mass is 19.1. The Hall–Kier alpha value is -2.60. The second kappa shape index (κ2) is 8.39. The van der Waals surface area contributed by atoms with Crippen LogP contribution in [-0.2, 0) is 4.79 Å². The van der Waals surface area contributed by atoms with Crippen molar-refractivity contribution < 1.29 is 23.8 Å². The van der Waals surface area contributed by atoms with Crippen LogP contribution in [0.25, 0.3) is 0 Å². The minimum atomic E-state index is -0.792. The second-order valence-electron chi connectivity index (χ2n) is 6.71. The van der Waals surface area contributed by atoms with Gasteiger partial charge in [-0.3, -0.25) is 9.69 Å². The third-order valence-corrected chi connectivity index (χ3v) is 5.09. The quantitative estimate of drug-likeness (QED) is 0.836. The van der Waals surface area contributed by atoms with Crippen LogP contribution < -0.4 is 9.47 Å². The van der Waals surface area contributed by atoms with Crippen LogP contribution in [0.5, 0.6) is 11.5 Å². The van der Waals surface area contributed by atoms with Gasteiger partial charge in [-0.2, -0.15) is 0 Å². The molecule has 1 saturated heterocycles. The van der Waals surface area contributed by atoms with E-state index in [0.29, 0.717) is 18.7 Å². The Balaban J connectivity index is 2.06. The summed E-state index contributed by atoms with van der Waals surface area (Å²) in [5.74, 6) is -0.795. The summed E-state index contributed by atoms with van der Waals surface area (Å²) in [6.07, 6.45) is 1.43. The van der Waals surface area contributed by atoms with Crippen molar-refractivity contribution in [1.29, 1.82) is 0 Å². The van der Waals surface area contributed by atoms with Gasteiger partial charge in [0.1, 0.15) is 5.75 Å². The predicted molar refractivity (Wildman–Crippen MR) is 99.7 cm³/mol. The molecule has 1 heterocycles. The lowest BCUT2D eigenvalue weighted by Crippen LogP contribution is -2.41. The minimum Gasteiger partial charge on any atom is -0.496 e. The van der Waals surface area contributed by atoms with E-state index in [9.17, 15) is 14.3 Å². The van der Waals surface area contributed by atoms with Crippen LogP contribution in [0.15, 0.2) is 42.5 Å². The van der Waals surface area contributed by atoms with E-state index in [1.807, 2.05) is 30.3 Å². The minimum absolute atomic E-state index is 0.180. The number of nitrogens with zero attached hydrogens (tertiary/aromatic N) is 1. The Morgan fingerprint density at radius 3 is 2.59 bits per heavy atom. The average Bonchev–Trinajstić information content (AvgIpc) is 2.69. The number of likely N-dealkylation sites (tertiary alicyclic amines) is 1. The van der Waals surface area contributed by atoms with Crippen LogP contribution in [0.4, 0.5) is 4.39 Å². The monoisotopic (exact) mass is 373 g/mol. The second-order valence-corrected chi connectivity index (χ2v) is 6.71. The van der Waals surface area contributed by atoms with Gasteiger partial charge < -0.3 is 14.6 Å². The van der Waals surface area contributed by atoms with E-state index in [2.05, 4.69) is 4.90 Å². The Kier molecular flexibility index (Phi) is 5.96. The molecular weight excluding hydrogens is 349 g/mol. The maximum Gasteiger partial charge on any atom is 0.307 e. The van der Waals surface area contributed by atoms with Gasteiger partial charge in [-0.1, -0.05) is 24.3 Å². The molecule has 0 saturated carbocycles. The van der Waals surface area contributed by atoms with Crippen molar-refractivity contribution in [3.05, 3.63) is 59.4 Å². The molecule has 0 spiro atoms.